The van der Waals surface area contributed by atoms with Gasteiger partial charge in [-0.05, 0) is 42.0 Å². The van der Waals surface area contributed by atoms with Crippen molar-refractivity contribution in [3.63, 3.8) is 0 Å². The summed E-state index contributed by atoms with van der Waals surface area (Å²) < 4.78 is 0. The molecule has 4 nitrogen and oxygen atoms in total. The molecule has 0 bridgehead atoms. The second-order valence-corrected chi connectivity index (χ2v) is 8.10. The molecule has 140 valence electrons. The van der Waals surface area contributed by atoms with Gasteiger partial charge in [-0.1, -0.05) is 30.3 Å². The number of thiazole rings is 1. The molecule has 2 aromatic heterocycles. The van der Waals surface area contributed by atoms with Crippen molar-refractivity contribution in [2.45, 2.75) is 44.8 Å². The van der Waals surface area contributed by atoms with Crippen molar-refractivity contribution in [3.05, 3.63) is 81.6 Å². The van der Waals surface area contributed by atoms with Crippen molar-refractivity contribution >= 4 is 11.3 Å². The zero-order valence-corrected chi connectivity index (χ0v) is 16.4. The summed E-state index contributed by atoms with van der Waals surface area (Å²) in [6.07, 6.45) is 8.36. The summed E-state index contributed by atoms with van der Waals surface area (Å²) in [6, 6.07) is 13.4. The lowest BCUT2D eigenvalue weighted by molar-refractivity contribution is 0.168. The van der Waals surface area contributed by atoms with E-state index in [1.165, 1.54) is 40.2 Å². The van der Waals surface area contributed by atoms with E-state index in [-0.39, 0.29) is 0 Å². The van der Waals surface area contributed by atoms with E-state index in [0.29, 0.717) is 12.6 Å². The standard InChI is InChI=1S/C22H26N4S/c23-15-17-6-8-18(9-7-17)16-26(13-10-21-24-12-14-27-21)20-5-1-3-19-4-2-11-25-22(19)20/h2,4,6-9,11-12,14,20H,1,3,5,10,13,15-16,23H2. The first kappa shape index (κ1) is 18.3. The third kappa shape index (κ3) is 4.43. The Bertz CT molecular complexity index is 845. The van der Waals surface area contributed by atoms with E-state index in [1.807, 2.05) is 12.4 Å². The van der Waals surface area contributed by atoms with Crippen molar-refractivity contribution in [2.75, 3.05) is 6.54 Å². The van der Waals surface area contributed by atoms with Gasteiger partial charge in [0.2, 0.25) is 0 Å². The van der Waals surface area contributed by atoms with Crippen LogP contribution in [0, 0.1) is 0 Å². The molecule has 0 saturated heterocycles. The van der Waals surface area contributed by atoms with Gasteiger partial charge in [0, 0.05) is 43.8 Å². The fourth-order valence-corrected chi connectivity index (χ4v) is 4.53. The van der Waals surface area contributed by atoms with Gasteiger partial charge in [0.1, 0.15) is 0 Å². The Morgan fingerprint density at radius 2 is 1.93 bits per heavy atom. The van der Waals surface area contributed by atoms with Crippen LogP contribution in [0.3, 0.4) is 0 Å². The molecular weight excluding hydrogens is 352 g/mol. The Morgan fingerprint density at radius 3 is 2.70 bits per heavy atom. The number of pyridine rings is 1. The van der Waals surface area contributed by atoms with E-state index in [4.69, 9.17) is 10.7 Å². The second-order valence-electron chi connectivity index (χ2n) is 7.12. The van der Waals surface area contributed by atoms with Gasteiger partial charge in [0.05, 0.1) is 16.7 Å². The molecular formula is C22H26N4S. The van der Waals surface area contributed by atoms with Crippen LogP contribution in [0.2, 0.25) is 0 Å². The number of nitrogens with zero attached hydrogens (tertiary/aromatic N) is 3. The maximum Gasteiger partial charge on any atom is 0.0937 e. The maximum absolute atomic E-state index is 5.75. The van der Waals surface area contributed by atoms with Crippen LogP contribution in [0.15, 0.2) is 54.2 Å². The molecule has 27 heavy (non-hydrogen) atoms. The Morgan fingerprint density at radius 1 is 1.07 bits per heavy atom. The SMILES string of the molecule is NCc1ccc(CN(CCc2nccs2)C2CCCc3cccnc32)cc1. The normalized spacial score (nSPS) is 16.4. The third-order valence-corrected chi connectivity index (χ3v) is 6.19. The average molecular weight is 379 g/mol. The molecule has 0 radical (unpaired) electrons. The van der Waals surface area contributed by atoms with Gasteiger partial charge in [-0.3, -0.25) is 9.88 Å². The molecule has 5 heteroatoms. The lowest BCUT2D eigenvalue weighted by atomic mass is 9.90. The van der Waals surface area contributed by atoms with Gasteiger partial charge in [0.25, 0.3) is 0 Å². The molecule has 1 atom stereocenters. The molecule has 3 aromatic rings. The lowest BCUT2D eigenvalue weighted by Gasteiger charge is -2.35. The first-order chi connectivity index (χ1) is 13.3. The Kier molecular flexibility index (Phi) is 5.92. The number of rotatable bonds is 7. The highest BCUT2D eigenvalue weighted by molar-refractivity contribution is 7.09. The molecule has 0 aliphatic heterocycles. The van der Waals surface area contributed by atoms with E-state index < -0.39 is 0 Å². The maximum atomic E-state index is 5.75. The van der Waals surface area contributed by atoms with E-state index in [1.54, 1.807) is 11.3 Å². The van der Waals surface area contributed by atoms with Gasteiger partial charge < -0.3 is 5.73 Å². The first-order valence-corrected chi connectivity index (χ1v) is 10.6. The number of aryl methyl sites for hydroxylation is 1. The third-order valence-electron chi connectivity index (χ3n) is 5.35. The van der Waals surface area contributed by atoms with Gasteiger partial charge in [-0.2, -0.15) is 0 Å². The van der Waals surface area contributed by atoms with Gasteiger partial charge in [-0.15, -0.1) is 11.3 Å². The number of fused-ring (bicyclic) bond motifs is 1. The predicted molar refractivity (Wildman–Crippen MR) is 110 cm³/mol. The van der Waals surface area contributed by atoms with Crippen LogP contribution in [0.4, 0.5) is 0 Å². The van der Waals surface area contributed by atoms with Crippen molar-refractivity contribution in [3.8, 4) is 0 Å². The Balaban J connectivity index is 1.57. The summed E-state index contributed by atoms with van der Waals surface area (Å²) >= 11 is 1.74. The Labute approximate surface area is 165 Å². The Hall–Kier alpha value is -2.08. The van der Waals surface area contributed by atoms with Gasteiger partial charge in [-0.25, -0.2) is 4.98 Å². The van der Waals surface area contributed by atoms with E-state index >= 15 is 0 Å². The number of nitrogens with two attached hydrogens (primary N) is 1. The van der Waals surface area contributed by atoms with Crippen LogP contribution in [-0.4, -0.2) is 21.4 Å². The summed E-state index contributed by atoms with van der Waals surface area (Å²) in [5, 5.41) is 3.26. The molecule has 2 heterocycles. The van der Waals surface area contributed by atoms with Crippen molar-refractivity contribution in [1.82, 2.24) is 14.9 Å². The molecule has 1 aromatic carbocycles. The van der Waals surface area contributed by atoms with Crippen molar-refractivity contribution < 1.29 is 0 Å². The summed E-state index contributed by atoms with van der Waals surface area (Å²) in [6.45, 7) is 2.51. The highest BCUT2D eigenvalue weighted by Gasteiger charge is 2.27. The highest BCUT2D eigenvalue weighted by Crippen LogP contribution is 2.34. The van der Waals surface area contributed by atoms with Crippen LogP contribution in [0.1, 0.15) is 46.3 Å². The average Bonchev–Trinajstić information content (AvgIpc) is 3.25. The monoisotopic (exact) mass is 378 g/mol. The van der Waals surface area contributed by atoms with E-state index in [9.17, 15) is 0 Å². The smallest absolute Gasteiger partial charge is 0.0937 e. The predicted octanol–water partition coefficient (Wildman–Crippen LogP) is 4.12. The minimum atomic E-state index is 0.379. The number of hydrogen-bond donors (Lipinski definition) is 1. The van der Waals surface area contributed by atoms with Crippen LogP contribution >= 0.6 is 11.3 Å². The zero-order valence-electron chi connectivity index (χ0n) is 15.6. The minimum absolute atomic E-state index is 0.379. The van der Waals surface area contributed by atoms with E-state index in [2.05, 4.69) is 51.7 Å². The van der Waals surface area contributed by atoms with Crippen LogP contribution in [0.5, 0.6) is 0 Å². The summed E-state index contributed by atoms with van der Waals surface area (Å²) in [4.78, 5) is 11.8. The number of aromatic nitrogens is 2. The van der Waals surface area contributed by atoms with Crippen molar-refractivity contribution in [2.24, 2.45) is 5.73 Å². The summed E-state index contributed by atoms with van der Waals surface area (Å²) in [5.41, 5.74) is 10.9. The molecule has 1 aliphatic carbocycles. The van der Waals surface area contributed by atoms with Crippen LogP contribution in [0.25, 0.3) is 0 Å². The minimum Gasteiger partial charge on any atom is -0.326 e. The highest BCUT2D eigenvalue weighted by atomic mass is 32.1. The summed E-state index contributed by atoms with van der Waals surface area (Å²) in [5.74, 6) is 0. The van der Waals surface area contributed by atoms with Gasteiger partial charge in [0.15, 0.2) is 0 Å². The summed E-state index contributed by atoms with van der Waals surface area (Å²) in [7, 11) is 0. The van der Waals surface area contributed by atoms with Crippen LogP contribution < -0.4 is 5.73 Å². The molecule has 2 N–H and O–H groups in total. The number of benzene rings is 1. The quantitative estimate of drug-likeness (QED) is 0.672. The van der Waals surface area contributed by atoms with E-state index in [0.717, 1.165) is 25.9 Å². The zero-order chi connectivity index (χ0) is 18.5. The van der Waals surface area contributed by atoms with Crippen molar-refractivity contribution in [1.29, 1.82) is 0 Å². The molecule has 0 saturated carbocycles. The molecule has 0 spiro atoms. The van der Waals surface area contributed by atoms with Crippen LogP contribution in [-0.2, 0) is 25.9 Å². The topological polar surface area (TPSA) is 55.0 Å². The fraction of sp³-hybridized carbons (Fsp3) is 0.364. The molecule has 1 unspecified atom stereocenters. The fourth-order valence-electron chi connectivity index (χ4n) is 3.92. The first-order valence-electron chi connectivity index (χ1n) is 9.67. The number of hydrogen-bond acceptors (Lipinski definition) is 5. The lowest BCUT2D eigenvalue weighted by Crippen LogP contribution is -2.33. The molecule has 0 amide bonds. The second kappa shape index (κ2) is 8.74. The molecule has 1 aliphatic rings. The molecule has 4 rings (SSSR count). The van der Waals surface area contributed by atoms with Gasteiger partial charge >= 0.3 is 0 Å². The largest absolute Gasteiger partial charge is 0.326 e. The molecule has 0 fully saturated rings.